The number of sulfonamides is 1. The van der Waals surface area contributed by atoms with Crippen LogP contribution in [0.2, 0.25) is 0 Å². The third-order valence-corrected chi connectivity index (χ3v) is 1.40. The molecule has 0 radical (unpaired) electrons. The summed E-state index contributed by atoms with van der Waals surface area (Å²) >= 11 is 0. The van der Waals surface area contributed by atoms with Gasteiger partial charge in [-0.1, -0.05) is 27.7 Å². The topological polar surface area (TPSA) is 55.4 Å². The third-order valence-electron chi connectivity index (χ3n) is 0.670. The van der Waals surface area contributed by atoms with Crippen molar-refractivity contribution in [1.29, 1.82) is 0 Å². The number of nitrogens with one attached hydrogen (secondary N) is 1. The number of hydrogen-bond donors (Lipinski definition) is 1. The van der Waals surface area contributed by atoms with Crippen LogP contribution < -0.4 is 4.72 Å². The fourth-order valence-corrected chi connectivity index (χ4v) is 0.783. The quantitative estimate of drug-likeness (QED) is 0.715. The van der Waals surface area contributed by atoms with Crippen LogP contribution in [-0.2, 0) is 14.8 Å². The Labute approximate surface area is 82.7 Å². The van der Waals surface area contributed by atoms with Crippen LogP contribution in [0.3, 0.4) is 0 Å². The molecule has 0 aliphatic heterocycles. The molecule has 4 nitrogen and oxygen atoms in total. The molecule has 0 aromatic carbocycles. The van der Waals surface area contributed by atoms with E-state index >= 15 is 0 Å². The van der Waals surface area contributed by atoms with Gasteiger partial charge in [0.15, 0.2) is 0 Å². The van der Waals surface area contributed by atoms with E-state index in [4.69, 9.17) is 0 Å². The molecule has 1 N–H and O–H groups in total. The van der Waals surface area contributed by atoms with E-state index in [0.717, 1.165) is 6.26 Å². The van der Waals surface area contributed by atoms with Crippen molar-refractivity contribution in [2.45, 2.75) is 27.7 Å². The Morgan fingerprint density at radius 2 is 1.54 bits per heavy atom. The number of ether oxygens (including phenoxy) is 1. The number of methoxy groups -OCH3 is 1. The lowest BCUT2D eigenvalue weighted by Crippen LogP contribution is -2.25. The summed E-state index contributed by atoms with van der Waals surface area (Å²) in [6.45, 7) is 8.75. The van der Waals surface area contributed by atoms with Crippen molar-refractivity contribution in [3.63, 3.8) is 0 Å². The first-order valence-corrected chi connectivity index (χ1v) is 6.39. The van der Waals surface area contributed by atoms with Gasteiger partial charge < -0.3 is 4.74 Å². The van der Waals surface area contributed by atoms with Gasteiger partial charge in [0, 0.05) is 13.7 Å². The molecule has 0 rings (SSSR count). The van der Waals surface area contributed by atoms with Crippen molar-refractivity contribution < 1.29 is 13.2 Å². The van der Waals surface area contributed by atoms with E-state index in [2.05, 4.69) is 9.46 Å². The molecule has 0 amide bonds. The normalized spacial score (nSPS) is 9.08. The average Bonchev–Trinajstić information content (AvgIpc) is 2.10. The minimum Gasteiger partial charge on any atom is -0.383 e. The Kier molecular flexibility index (Phi) is 20.6. The van der Waals surface area contributed by atoms with Crippen LogP contribution in [0.1, 0.15) is 27.7 Å². The van der Waals surface area contributed by atoms with Gasteiger partial charge in [-0.3, -0.25) is 0 Å². The van der Waals surface area contributed by atoms with Crippen LogP contribution in [0.5, 0.6) is 0 Å². The molecular formula is C8H23NO3S. The molecule has 0 fully saturated rings. The largest absolute Gasteiger partial charge is 0.383 e. The standard InChI is InChI=1S/C4H11NO3S.2C2H6/c1-8-4-3-5-9(2,6)7;2*1-2/h5H,3-4H2,1-2H3;2*1-2H3. The second-order valence-corrected chi connectivity index (χ2v) is 3.49. The number of rotatable bonds is 4. The highest BCUT2D eigenvalue weighted by Gasteiger charge is 1.96. The summed E-state index contributed by atoms with van der Waals surface area (Å²) in [5.74, 6) is 0. The fraction of sp³-hybridized carbons (Fsp3) is 1.00. The van der Waals surface area contributed by atoms with Crippen molar-refractivity contribution in [2.24, 2.45) is 0 Å². The Hall–Kier alpha value is -0.130. The molecule has 0 aliphatic rings. The molecule has 0 aromatic rings. The Balaban J connectivity index is -0.000000218. The predicted octanol–water partition coefficient (Wildman–Crippen LogP) is 1.23. The van der Waals surface area contributed by atoms with E-state index in [-0.39, 0.29) is 0 Å². The van der Waals surface area contributed by atoms with Gasteiger partial charge in [0.1, 0.15) is 0 Å². The first-order chi connectivity index (χ1) is 6.06. The summed E-state index contributed by atoms with van der Waals surface area (Å²) in [4.78, 5) is 0. The summed E-state index contributed by atoms with van der Waals surface area (Å²) in [6, 6.07) is 0. The first kappa shape index (κ1) is 18.6. The van der Waals surface area contributed by atoms with Gasteiger partial charge in [-0.05, 0) is 0 Å². The highest BCUT2D eigenvalue weighted by molar-refractivity contribution is 7.88. The molecule has 0 heterocycles. The highest BCUT2D eigenvalue weighted by atomic mass is 32.2. The van der Waals surface area contributed by atoms with Crippen molar-refractivity contribution in [3.05, 3.63) is 0 Å². The lowest BCUT2D eigenvalue weighted by atomic mass is 10.7. The fourth-order valence-electron chi connectivity index (χ4n) is 0.329. The van der Waals surface area contributed by atoms with E-state index in [1.807, 2.05) is 27.7 Å². The lowest BCUT2D eigenvalue weighted by molar-refractivity contribution is 0.204. The van der Waals surface area contributed by atoms with E-state index < -0.39 is 10.0 Å². The molecule has 13 heavy (non-hydrogen) atoms. The predicted molar refractivity (Wildman–Crippen MR) is 57.4 cm³/mol. The smallest absolute Gasteiger partial charge is 0.208 e. The van der Waals surface area contributed by atoms with Crippen LogP contribution in [0.15, 0.2) is 0 Å². The molecule has 0 aromatic heterocycles. The van der Waals surface area contributed by atoms with Crippen molar-refractivity contribution in [2.75, 3.05) is 26.5 Å². The molecule has 0 bridgehead atoms. The average molecular weight is 213 g/mol. The number of hydrogen-bond acceptors (Lipinski definition) is 3. The monoisotopic (exact) mass is 213 g/mol. The molecule has 0 saturated carbocycles. The Morgan fingerprint density at radius 3 is 1.77 bits per heavy atom. The summed E-state index contributed by atoms with van der Waals surface area (Å²) in [7, 11) is -1.51. The van der Waals surface area contributed by atoms with Gasteiger partial charge in [-0.15, -0.1) is 0 Å². The van der Waals surface area contributed by atoms with E-state index in [1.165, 1.54) is 7.11 Å². The van der Waals surface area contributed by atoms with Crippen LogP contribution in [-0.4, -0.2) is 34.9 Å². The Bertz CT molecular complexity index is 155. The van der Waals surface area contributed by atoms with E-state index in [0.29, 0.717) is 13.2 Å². The summed E-state index contributed by atoms with van der Waals surface area (Å²) in [5, 5.41) is 0. The van der Waals surface area contributed by atoms with Gasteiger partial charge in [0.2, 0.25) is 10.0 Å². The zero-order chi connectivity index (χ0) is 11.3. The SMILES string of the molecule is CC.CC.COCCNS(C)(=O)=O. The van der Waals surface area contributed by atoms with Crippen LogP contribution >= 0.6 is 0 Å². The maximum atomic E-state index is 10.3. The molecule has 0 atom stereocenters. The van der Waals surface area contributed by atoms with Gasteiger partial charge in [0.05, 0.1) is 12.9 Å². The van der Waals surface area contributed by atoms with Gasteiger partial charge in [-0.25, -0.2) is 13.1 Å². The second kappa shape index (κ2) is 14.4. The van der Waals surface area contributed by atoms with E-state index in [1.54, 1.807) is 0 Å². The van der Waals surface area contributed by atoms with Crippen molar-refractivity contribution >= 4 is 10.0 Å². The molecule has 0 spiro atoms. The maximum Gasteiger partial charge on any atom is 0.208 e. The molecule has 0 unspecified atom stereocenters. The molecule has 0 aliphatic carbocycles. The lowest BCUT2D eigenvalue weighted by Gasteiger charge is -1.98. The van der Waals surface area contributed by atoms with Crippen LogP contribution in [0.25, 0.3) is 0 Å². The molecule has 84 valence electrons. The van der Waals surface area contributed by atoms with Gasteiger partial charge in [-0.2, -0.15) is 0 Å². The second-order valence-electron chi connectivity index (χ2n) is 1.66. The minimum atomic E-state index is -3.03. The zero-order valence-corrected chi connectivity index (χ0v) is 10.4. The summed E-state index contributed by atoms with van der Waals surface area (Å²) in [6.07, 6.45) is 1.11. The van der Waals surface area contributed by atoms with Crippen LogP contribution in [0.4, 0.5) is 0 Å². The van der Waals surface area contributed by atoms with Gasteiger partial charge >= 0.3 is 0 Å². The molecular weight excluding hydrogens is 190 g/mol. The minimum absolute atomic E-state index is 0.343. The molecule has 0 saturated heterocycles. The van der Waals surface area contributed by atoms with Gasteiger partial charge in [0.25, 0.3) is 0 Å². The van der Waals surface area contributed by atoms with Crippen molar-refractivity contribution in [3.8, 4) is 0 Å². The van der Waals surface area contributed by atoms with Crippen molar-refractivity contribution in [1.82, 2.24) is 4.72 Å². The summed E-state index contributed by atoms with van der Waals surface area (Å²) < 4.78 is 27.6. The zero-order valence-electron chi connectivity index (χ0n) is 9.55. The van der Waals surface area contributed by atoms with Crippen LogP contribution in [0, 0.1) is 0 Å². The van der Waals surface area contributed by atoms with E-state index in [9.17, 15) is 8.42 Å². The third kappa shape index (κ3) is 33.6. The highest BCUT2D eigenvalue weighted by Crippen LogP contribution is 1.71. The summed E-state index contributed by atoms with van der Waals surface area (Å²) in [5.41, 5.74) is 0. The maximum absolute atomic E-state index is 10.3. The Morgan fingerprint density at radius 1 is 1.15 bits per heavy atom. The molecule has 5 heteroatoms. The first-order valence-electron chi connectivity index (χ1n) is 4.50.